The molecule has 4 nitrogen and oxygen atoms in total. The minimum atomic E-state index is -1.13. The molecule has 0 atom stereocenters. The van der Waals surface area contributed by atoms with Gasteiger partial charge < -0.3 is 10.8 Å². The van der Waals surface area contributed by atoms with Crippen molar-refractivity contribution in [1.29, 1.82) is 0 Å². The molecule has 0 saturated heterocycles. The van der Waals surface area contributed by atoms with Crippen LogP contribution in [0.3, 0.4) is 0 Å². The second-order valence-corrected chi connectivity index (χ2v) is 4.22. The zero-order valence-corrected chi connectivity index (χ0v) is 10.4. The number of carboxylic acids is 1. The van der Waals surface area contributed by atoms with E-state index in [-0.39, 0.29) is 16.9 Å². The number of anilines is 1. The SMILES string of the molecule is Cc1cccc(C(=O)c2ccccc2C(=O)O)c1N. The van der Waals surface area contributed by atoms with E-state index in [1.807, 2.05) is 0 Å². The molecule has 0 aliphatic rings. The lowest BCUT2D eigenvalue weighted by Crippen LogP contribution is -2.11. The van der Waals surface area contributed by atoms with Crippen LogP contribution in [0.1, 0.15) is 31.8 Å². The molecule has 96 valence electrons. The third-order valence-electron chi connectivity index (χ3n) is 2.97. The normalized spacial score (nSPS) is 10.2. The summed E-state index contributed by atoms with van der Waals surface area (Å²) in [6, 6.07) is 11.2. The lowest BCUT2D eigenvalue weighted by molar-refractivity contribution is 0.0693. The second-order valence-electron chi connectivity index (χ2n) is 4.22. The number of ketones is 1. The van der Waals surface area contributed by atoms with Crippen molar-refractivity contribution < 1.29 is 14.7 Å². The third kappa shape index (κ3) is 2.33. The maximum atomic E-state index is 12.4. The quantitative estimate of drug-likeness (QED) is 0.652. The van der Waals surface area contributed by atoms with Crippen LogP contribution in [0.5, 0.6) is 0 Å². The van der Waals surface area contributed by atoms with E-state index in [9.17, 15) is 9.59 Å². The standard InChI is InChI=1S/C15H13NO3/c1-9-5-4-8-12(13(9)16)14(17)10-6-2-3-7-11(10)15(18)19/h2-8H,16H2,1H3,(H,18,19). The summed E-state index contributed by atoms with van der Waals surface area (Å²) in [5.74, 6) is -1.51. The van der Waals surface area contributed by atoms with Gasteiger partial charge in [-0.3, -0.25) is 4.79 Å². The Kier molecular flexibility index (Phi) is 3.33. The van der Waals surface area contributed by atoms with Crippen LogP contribution < -0.4 is 5.73 Å². The summed E-state index contributed by atoms with van der Waals surface area (Å²) < 4.78 is 0. The molecule has 2 aromatic carbocycles. The van der Waals surface area contributed by atoms with Gasteiger partial charge in [0.15, 0.2) is 5.78 Å². The molecule has 2 aromatic rings. The lowest BCUT2D eigenvalue weighted by Gasteiger charge is -2.09. The van der Waals surface area contributed by atoms with Crippen LogP contribution in [0.25, 0.3) is 0 Å². The van der Waals surface area contributed by atoms with Crippen LogP contribution in [0.2, 0.25) is 0 Å². The summed E-state index contributed by atoms with van der Waals surface area (Å²) in [4.78, 5) is 23.5. The van der Waals surface area contributed by atoms with E-state index >= 15 is 0 Å². The number of carbonyl (C=O) groups excluding carboxylic acids is 1. The van der Waals surface area contributed by atoms with Crippen molar-refractivity contribution in [3.63, 3.8) is 0 Å². The molecule has 0 aliphatic carbocycles. The molecule has 0 unspecified atom stereocenters. The van der Waals surface area contributed by atoms with E-state index in [0.717, 1.165) is 5.56 Å². The lowest BCUT2D eigenvalue weighted by atomic mass is 9.96. The Morgan fingerprint density at radius 2 is 1.53 bits per heavy atom. The Balaban J connectivity index is 2.57. The first-order valence-corrected chi connectivity index (χ1v) is 5.74. The highest BCUT2D eigenvalue weighted by Crippen LogP contribution is 2.22. The minimum Gasteiger partial charge on any atom is -0.478 e. The van der Waals surface area contributed by atoms with Crippen LogP contribution in [0.15, 0.2) is 42.5 Å². The number of aromatic carboxylic acids is 1. The smallest absolute Gasteiger partial charge is 0.336 e. The summed E-state index contributed by atoms with van der Waals surface area (Å²) >= 11 is 0. The fourth-order valence-electron chi connectivity index (χ4n) is 1.89. The molecule has 19 heavy (non-hydrogen) atoms. The Hall–Kier alpha value is -2.62. The summed E-state index contributed by atoms with van der Waals surface area (Å²) in [6.45, 7) is 1.80. The van der Waals surface area contributed by atoms with E-state index in [2.05, 4.69) is 0 Å². The van der Waals surface area contributed by atoms with Crippen molar-refractivity contribution in [1.82, 2.24) is 0 Å². The molecule has 0 fully saturated rings. The molecule has 0 aliphatic heterocycles. The number of nitrogens with two attached hydrogens (primary N) is 1. The number of benzene rings is 2. The summed E-state index contributed by atoms with van der Waals surface area (Å²) in [5, 5.41) is 9.10. The van der Waals surface area contributed by atoms with Gasteiger partial charge in [0.25, 0.3) is 0 Å². The van der Waals surface area contributed by atoms with Gasteiger partial charge in [-0.05, 0) is 24.6 Å². The largest absolute Gasteiger partial charge is 0.478 e. The molecule has 0 heterocycles. The van der Waals surface area contributed by atoms with Gasteiger partial charge in [0.05, 0.1) is 5.56 Å². The Morgan fingerprint density at radius 3 is 2.16 bits per heavy atom. The van der Waals surface area contributed by atoms with Crippen LogP contribution in [0.4, 0.5) is 5.69 Å². The van der Waals surface area contributed by atoms with Gasteiger partial charge >= 0.3 is 5.97 Å². The molecular weight excluding hydrogens is 242 g/mol. The third-order valence-corrected chi connectivity index (χ3v) is 2.97. The van der Waals surface area contributed by atoms with E-state index in [1.54, 1.807) is 37.3 Å². The fourth-order valence-corrected chi connectivity index (χ4v) is 1.89. The van der Waals surface area contributed by atoms with Crippen LogP contribution in [-0.4, -0.2) is 16.9 Å². The fraction of sp³-hybridized carbons (Fsp3) is 0.0667. The highest BCUT2D eigenvalue weighted by molar-refractivity contribution is 6.16. The number of hydrogen-bond donors (Lipinski definition) is 2. The average molecular weight is 255 g/mol. The average Bonchev–Trinajstić information content (AvgIpc) is 2.41. The van der Waals surface area contributed by atoms with E-state index in [4.69, 9.17) is 10.8 Å². The van der Waals surface area contributed by atoms with Gasteiger partial charge in [-0.2, -0.15) is 0 Å². The van der Waals surface area contributed by atoms with Crippen LogP contribution >= 0.6 is 0 Å². The molecule has 2 rings (SSSR count). The number of para-hydroxylation sites is 1. The van der Waals surface area contributed by atoms with Crippen molar-refractivity contribution >= 4 is 17.4 Å². The number of aryl methyl sites for hydroxylation is 1. The van der Waals surface area contributed by atoms with Gasteiger partial charge in [-0.25, -0.2) is 4.79 Å². The number of hydrogen-bond acceptors (Lipinski definition) is 3. The molecule has 0 radical (unpaired) electrons. The van der Waals surface area contributed by atoms with E-state index in [1.165, 1.54) is 12.1 Å². The first-order valence-electron chi connectivity index (χ1n) is 5.74. The molecule has 0 amide bonds. The predicted molar refractivity (Wildman–Crippen MR) is 72.4 cm³/mol. The van der Waals surface area contributed by atoms with Crippen molar-refractivity contribution in [3.8, 4) is 0 Å². The maximum absolute atomic E-state index is 12.4. The Bertz CT molecular complexity index is 662. The van der Waals surface area contributed by atoms with Crippen molar-refractivity contribution in [2.75, 3.05) is 5.73 Å². The van der Waals surface area contributed by atoms with Crippen molar-refractivity contribution in [3.05, 3.63) is 64.7 Å². The number of nitrogen functional groups attached to an aromatic ring is 1. The Morgan fingerprint density at radius 1 is 0.947 bits per heavy atom. The molecule has 0 spiro atoms. The number of carboxylic acid groups (broad SMARTS) is 1. The van der Waals surface area contributed by atoms with Crippen molar-refractivity contribution in [2.24, 2.45) is 0 Å². The zero-order valence-electron chi connectivity index (χ0n) is 10.4. The molecule has 3 N–H and O–H groups in total. The predicted octanol–water partition coefficient (Wildman–Crippen LogP) is 2.51. The van der Waals surface area contributed by atoms with Gasteiger partial charge in [0.1, 0.15) is 0 Å². The topological polar surface area (TPSA) is 80.4 Å². The molecule has 0 aromatic heterocycles. The second kappa shape index (κ2) is 4.94. The van der Waals surface area contributed by atoms with E-state index < -0.39 is 5.97 Å². The summed E-state index contributed by atoms with van der Waals surface area (Å²) in [7, 11) is 0. The first kappa shape index (κ1) is 12.8. The van der Waals surface area contributed by atoms with Crippen LogP contribution in [0, 0.1) is 6.92 Å². The summed E-state index contributed by atoms with van der Waals surface area (Å²) in [6.07, 6.45) is 0. The van der Waals surface area contributed by atoms with Gasteiger partial charge in [-0.1, -0.05) is 30.3 Å². The molecule has 4 heteroatoms. The highest BCUT2D eigenvalue weighted by Gasteiger charge is 2.19. The molecule has 0 saturated carbocycles. The Labute approximate surface area is 110 Å². The molecular formula is C15H13NO3. The van der Waals surface area contributed by atoms with Gasteiger partial charge in [0.2, 0.25) is 0 Å². The van der Waals surface area contributed by atoms with Gasteiger partial charge in [0, 0.05) is 16.8 Å². The number of rotatable bonds is 3. The van der Waals surface area contributed by atoms with E-state index in [0.29, 0.717) is 11.3 Å². The zero-order chi connectivity index (χ0) is 14.0. The monoisotopic (exact) mass is 255 g/mol. The maximum Gasteiger partial charge on any atom is 0.336 e. The first-order chi connectivity index (χ1) is 9.02. The minimum absolute atomic E-state index is 0.0200. The highest BCUT2D eigenvalue weighted by atomic mass is 16.4. The van der Waals surface area contributed by atoms with Crippen molar-refractivity contribution in [2.45, 2.75) is 6.92 Å². The number of carbonyl (C=O) groups is 2. The molecule has 0 bridgehead atoms. The van der Waals surface area contributed by atoms with Crippen LogP contribution in [-0.2, 0) is 0 Å². The summed E-state index contributed by atoms with van der Waals surface area (Å²) in [5.41, 5.74) is 7.50. The van der Waals surface area contributed by atoms with Gasteiger partial charge in [-0.15, -0.1) is 0 Å².